The second-order valence-corrected chi connectivity index (χ2v) is 12.7. The van der Waals surface area contributed by atoms with Gasteiger partial charge in [0.25, 0.3) is 15.9 Å². The molecule has 1 saturated heterocycles. The summed E-state index contributed by atoms with van der Waals surface area (Å²) in [6, 6.07) is 14.3. The summed E-state index contributed by atoms with van der Waals surface area (Å²) in [5, 5.41) is 5.01. The molecule has 1 aliphatic heterocycles. The molecular weight excluding hydrogens is 562 g/mol. The molecule has 3 aromatic rings. The van der Waals surface area contributed by atoms with E-state index in [1.54, 1.807) is 32.9 Å². The van der Waals surface area contributed by atoms with Crippen LogP contribution in [0.2, 0.25) is 0 Å². The predicted molar refractivity (Wildman–Crippen MR) is 153 cm³/mol. The van der Waals surface area contributed by atoms with Crippen LogP contribution >= 0.6 is 0 Å². The molecule has 3 amide bonds. The zero-order valence-electron chi connectivity index (χ0n) is 24.0. The summed E-state index contributed by atoms with van der Waals surface area (Å²) in [4.78, 5) is 43.6. The lowest BCUT2D eigenvalue weighted by atomic mass is 10.1. The number of aryl methyl sites for hydroxylation is 1. The molecule has 0 aliphatic carbocycles. The average Bonchev–Trinajstić information content (AvgIpc) is 3.61. The second kappa shape index (κ2) is 12.6. The van der Waals surface area contributed by atoms with Crippen LogP contribution in [0.4, 0.5) is 9.59 Å². The minimum absolute atomic E-state index is 0.0324. The predicted octanol–water partition coefficient (Wildman–Crippen LogP) is 3.65. The number of alkyl carbamates (subject to hydrolysis) is 1. The fraction of sp³-hybridized carbons (Fsp3) is 0.379. The number of rotatable bonds is 8. The minimum Gasteiger partial charge on any atom is -0.444 e. The van der Waals surface area contributed by atoms with E-state index in [1.165, 1.54) is 28.3 Å². The molecule has 1 fully saturated rings. The van der Waals surface area contributed by atoms with E-state index >= 15 is 0 Å². The van der Waals surface area contributed by atoms with Crippen LogP contribution in [-0.2, 0) is 37.3 Å². The van der Waals surface area contributed by atoms with Gasteiger partial charge in [-0.1, -0.05) is 48.0 Å². The van der Waals surface area contributed by atoms with Gasteiger partial charge in [-0.15, -0.1) is 0 Å². The lowest BCUT2D eigenvalue weighted by Gasteiger charge is -2.31. The first-order valence-electron chi connectivity index (χ1n) is 13.5. The van der Waals surface area contributed by atoms with E-state index in [2.05, 4.69) is 10.3 Å². The molecule has 2 aromatic carbocycles. The van der Waals surface area contributed by atoms with Crippen LogP contribution in [0.5, 0.6) is 0 Å². The van der Waals surface area contributed by atoms with Crippen molar-refractivity contribution in [3.8, 4) is 0 Å². The normalized spacial score (nSPS) is 14.4. The number of carbonyl (C=O) groups excluding carboxylic acids is 3. The number of nitrogens with one attached hydrogen (secondary N) is 1. The van der Waals surface area contributed by atoms with Crippen molar-refractivity contribution in [1.82, 2.24) is 24.3 Å². The van der Waals surface area contributed by atoms with Crippen molar-refractivity contribution in [1.29, 1.82) is 0 Å². The Labute approximate surface area is 245 Å². The number of imidazole rings is 1. The second-order valence-electron chi connectivity index (χ2n) is 10.9. The summed E-state index contributed by atoms with van der Waals surface area (Å²) in [5.41, 5.74) is 1.11. The lowest BCUT2D eigenvalue weighted by Crippen LogP contribution is -2.55. The summed E-state index contributed by atoms with van der Waals surface area (Å²) < 4.78 is 38.0. The number of ether oxygens (including phenoxy) is 2. The van der Waals surface area contributed by atoms with Gasteiger partial charge in [-0.05, 0) is 51.8 Å². The van der Waals surface area contributed by atoms with Crippen LogP contribution in [0, 0.1) is 6.92 Å². The van der Waals surface area contributed by atoms with E-state index in [4.69, 9.17) is 9.47 Å². The van der Waals surface area contributed by atoms with Gasteiger partial charge in [-0.3, -0.25) is 4.79 Å². The van der Waals surface area contributed by atoms with Crippen LogP contribution in [0.15, 0.2) is 72.0 Å². The van der Waals surface area contributed by atoms with Gasteiger partial charge in [0.05, 0.1) is 10.6 Å². The smallest absolute Gasteiger partial charge is 0.429 e. The Balaban J connectivity index is 1.53. The van der Waals surface area contributed by atoms with Crippen molar-refractivity contribution < 1.29 is 32.3 Å². The SMILES string of the molecule is Cc1ccc(S(=O)(=O)n2cnc(C[C@H](NC(=O)OC(C)(C)C)C(=O)N3CCCN3C(=O)OCc3ccccc3)c2)cc1. The van der Waals surface area contributed by atoms with Crippen molar-refractivity contribution in [2.45, 2.75) is 63.7 Å². The fourth-order valence-corrected chi connectivity index (χ4v) is 5.43. The Bertz CT molecular complexity index is 1520. The quantitative estimate of drug-likeness (QED) is 0.415. The van der Waals surface area contributed by atoms with Crippen LogP contribution in [0.25, 0.3) is 0 Å². The Morgan fingerprint density at radius 1 is 1.00 bits per heavy atom. The fourth-order valence-electron chi connectivity index (χ4n) is 4.28. The van der Waals surface area contributed by atoms with Crippen LogP contribution < -0.4 is 5.32 Å². The highest BCUT2D eigenvalue weighted by Crippen LogP contribution is 2.19. The van der Waals surface area contributed by atoms with E-state index in [-0.39, 0.29) is 36.7 Å². The lowest BCUT2D eigenvalue weighted by molar-refractivity contribution is -0.144. The molecule has 0 saturated carbocycles. The van der Waals surface area contributed by atoms with Gasteiger partial charge in [-0.25, -0.2) is 37.0 Å². The summed E-state index contributed by atoms with van der Waals surface area (Å²) in [5.74, 6) is -0.592. The van der Waals surface area contributed by atoms with Crippen molar-refractivity contribution in [2.75, 3.05) is 13.1 Å². The topological polar surface area (TPSA) is 140 Å². The van der Waals surface area contributed by atoms with Gasteiger partial charge >= 0.3 is 12.2 Å². The molecule has 42 heavy (non-hydrogen) atoms. The third-order valence-corrected chi connectivity index (χ3v) is 7.94. The molecular formula is C29H35N5O7S. The summed E-state index contributed by atoms with van der Waals surface area (Å²) >= 11 is 0. The standard InChI is InChI=1S/C29H35N5O7S/c1-21-11-13-24(14-12-21)42(38,39)32-18-23(30-20-32)17-25(31-27(36)41-29(2,3)4)26(35)33-15-8-16-34(33)28(37)40-19-22-9-6-5-7-10-22/h5-7,9-14,18,20,25H,8,15-17,19H2,1-4H3,(H,31,36)/t25-/m0/s1. The van der Waals surface area contributed by atoms with Gasteiger partial charge in [0.2, 0.25) is 0 Å². The first-order valence-corrected chi connectivity index (χ1v) is 14.9. The first kappa shape index (κ1) is 30.6. The van der Waals surface area contributed by atoms with E-state index in [0.717, 1.165) is 21.4 Å². The van der Waals surface area contributed by atoms with Crippen molar-refractivity contribution >= 4 is 28.1 Å². The Morgan fingerprint density at radius 2 is 1.67 bits per heavy atom. The molecule has 13 heteroatoms. The maximum absolute atomic E-state index is 13.8. The summed E-state index contributed by atoms with van der Waals surface area (Å²) in [6.45, 7) is 7.42. The highest BCUT2D eigenvalue weighted by molar-refractivity contribution is 7.90. The van der Waals surface area contributed by atoms with E-state index in [9.17, 15) is 22.8 Å². The van der Waals surface area contributed by atoms with Crippen molar-refractivity contribution in [3.05, 3.63) is 83.9 Å². The third kappa shape index (κ3) is 7.66. The molecule has 0 radical (unpaired) electrons. The molecule has 224 valence electrons. The van der Waals surface area contributed by atoms with E-state index in [0.29, 0.717) is 6.42 Å². The number of carbonyl (C=O) groups is 3. The van der Waals surface area contributed by atoms with Crippen molar-refractivity contribution in [3.63, 3.8) is 0 Å². The summed E-state index contributed by atoms with van der Waals surface area (Å²) in [6.07, 6.45) is 1.25. The van der Waals surface area contributed by atoms with Gasteiger partial charge in [0.15, 0.2) is 0 Å². The van der Waals surface area contributed by atoms with Crippen LogP contribution in [0.3, 0.4) is 0 Å². The number of benzene rings is 2. The maximum Gasteiger partial charge on any atom is 0.429 e. The largest absolute Gasteiger partial charge is 0.444 e. The van der Waals surface area contributed by atoms with E-state index in [1.807, 2.05) is 37.3 Å². The molecule has 1 aromatic heterocycles. The minimum atomic E-state index is -3.93. The number of nitrogens with zero attached hydrogens (tertiary/aromatic N) is 4. The van der Waals surface area contributed by atoms with Crippen molar-refractivity contribution in [2.24, 2.45) is 0 Å². The molecule has 0 bridgehead atoms. The first-order chi connectivity index (χ1) is 19.8. The number of hydrogen-bond acceptors (Lipinski definition) is 8. The Morgan fingerprint density at radius 3 is 2.33 bits per heavy atom. The van der Waals surface area contributed by atoms with Gasteiger partial charge < -0.3 is 14.8 Å². The Hall–Kier alpha value is -4.39. The number of hydrogen-bond donors (Lipinski definition) is 1. The molecule has 1 atom stereocenters. The number of aromatic nitrogens is 2. The number of hydrazine groups is 1. The zero-order chi connectivity index (χ0) is 30.5. The monoisotopic (exact) mass is 597 g/mol. The van der Waals surface area contributed by atoms with Crippen LogP contribution in [0.1, 0.15) is 44.0 Å². The average molecular weight is 598 g/mol. The molecule has 4 rings (SSSR count). The molecule has 1 N–H and O–H groups in total. The highest BCUT2D eigenvalue weighted by Gasteiger charge is 2.37. The molecule has 2 heterocycles. The third-order valence-electron chi connectivity index (χ3n) is 6.31. The molecule has 12 nitrogen and oxygen atoms in total. The van der Waals surface area contributed by atoms with Gasteiger partial charge in [-0.2, -0.15) is 0 Å². The number of amides is 3. The maximum atomic E-state index is 13.8. The molecule has 0 unspecified atom stereocenters. The van der Waals surface area contributed by atoms with Gasteiger partial charge in [0.1, 0.15) is 24.6 Å². The van der Waals surface area contributed by atoms with Gasteiger partial charge in [0, 0.05) is 25.7 Å². The summed E-state index contributed by atoms with van der Waals surface area (Å²) in [7, 11) is -3.93. The zero-order valence-corrected chi connectivity index (χ0v) is 24.8. The Kier molecular flexibility index (Phi) is 9.20. The highest BCUT2D eigenvalue weighted by atomic mass is 32.2. The van der Waals surface area contributed by atoms with E-state index < -0.39 is 39.8 Å². The molecule has 1 aliphatic rings. The molecule has 0 spiro atoms. The van der Waals surface area contributed by atoms with Crippen LogP contribution in [-0.4, -0.2) is 70.2 Å².